The number of nitrogens with two attached hydrogens (primary N) is 3. The molecule has 1 aromatic heterocycles. The molecular weight excluding hydrogens is 500 g/mol. The van der Waals surface area contributed by atoms with Crippen molar-refractivity contribution < 1.29 is 9.53 Å². The van der Waals surface area contributed by atoms with Crippen LogP contribution in [0.3, 0.4) is 0 Å². The summed E-state index contributed by atoms with van der Waals surface area (Å²) in [5.41, 5.74) is 17.7. The molecule has 1 saturated heterocycles. The standard InChI is InChI=1S/C26H42N10O3/c27-11-3-13-30-20(4-1-12-31-24(28)29)5-2-14-36-15-10-23(34-26(36)38)33-25(37)32-21-6-8-22(9-7-21)35-16-18-39-19-17-35/h6-10,15,20,30H,1-5,11-14,16-19,27H2,(H4,28,29,31)(H2,32,33,34,37,38). The van der Waals surface area contributed by atoms with Crippen molar-refractivity contribution in [3.05, 3.63) is 47.0 Å². The van der Waals surface area contributed by atoms with Gasteiger partial charge in [-0.15, -0.1) is 0 Å². The Morgan fingerprint density at radius 2 is 1.79 bits per heavy atom. The Labute approximate surface area is 229 Å². The average Bonchev–Trinajstić information content (AvgIpc) is 2.92. The highest BCUT2D eigenvalue weighted by Gasteiger charge is 2.12. The molecule has 1 unspecified atom stereocenters. The van der Waals surface area contributed by atoms with Crippen molar-refractivity contribution in [1.82, 2.24) is 14.9 Å². The molecule has 1 aliphatic rings. The zero-order valence-electron chi connectivity index (χ0n) is 22.5. The van der Waals surface area contributed by atoms with Crippen molar-refractivity contribution in [3.8, 4) is 0 Å². The lowest BCUT2D eigenvalue weighted by atomic mass is 10.1. The van der Waals surface area contributed by atoms with Crippen molar-refractivity contribution in [1.29, 1.82) is 0 Å². The zero-order chi connectivity index (χ0) is 27.9. The van der Waals surface area contributed by atoms with Gasteiger partial charge in [-0.2, -0.15) is 4.98 Å². The maximum atomic E-state index is 12.5. The first kappa shape index (κ1) is 29.9. The number of urea groups is 1. The first-order chi connectivity index (χ1) is 18.9. The molecular formula is C26H42N10O3. The fourth-order valence-corrected chi connectivity index (χ4v) is 4.34. The van der Waals surface area contributed by atoms with Crippen LogP contribution < -0.4 is 43.7 Å². The molecule has 0 saturated carbocycles. The number of anilines is 3. The van der Waals surface area contributed by atoms with Gasteiger partial charge in [-0.1, -0.05) is 0 Å². The number of rotatable bonds is 15. The highest BCUT2D eigenvalue weighted by Crippen LogP contribution is 2.19. The van der Waals surface area contributed by atoms with Gasteiger partial charge in [0.05, 0.1) is 13.2 Å². The minimum Gasteiger partial charge on any atom is -0.378 e. The van der Waals surface area contributed by atoms with Crippen LogP contribution >= 0.6 is 0 Å². The van der Waals surface area contributed by atoms with Crippen LogP contribution in [0, 0.1) is 0 Å². The summed E-state index contributed by atoms with van der Waals surface area (Å²) in [4.78, 5) is 35.2. The van der Waals surface area contributed by atoms with Gasteiger partial charge in [0.2, 0.25) is 0 Å². The summed E-state index contributed by atoms with van der Waals surface area (Å²) >= 11 is 0. The van der Waals surface area contributed by atoms with Gasteiger partial charge in [-0.25, -0.2) is 9.59 Å². The molecule has 1 atom stereocenters. The number of carbonyl (C=O) groups is 1. The van der Waals surface area contributed by atoms with E-state index >= 15 is 0 Å². The highest BCUT2D eigenvalue weighted by atomic mass is 16.5. The second-order valence-corrected chi connectivity index (χ2v) is 9.40. The molecule has 2 aromatic rings. The largest absolute Gasteiger partial charge is 0.378 e. The first-order valence-electron chi connectivity index (χ1n) is 13.5. The first-order valence-corrected chi connectivity index (χ1v) is 13.5. The Hall–Kier alpha value is -3.68. The Morgan fingerprint density at radius 3 is 2.49 bits per heavy atom. The summed E-state index contributed by atoms with van der Waals surface area (Å²) in [5.74, 6) is 0.294. The van der Waals surface area contributed by atoms with Crippen LogP contribution in [0.2, 0.25) is 0 Å². The third-order valence-electron chi connectivity index (χ3n) is 6.39. The smallest absolute Gasteiger partial charge is 0.349 e. The third kappa shape index (κ3) is 10.9. The van der Waals surface area contributed by atoms with Gasteiger partial charge < -0.3 is 37.5 Å². The average molecular weight is 543 g/mol. The van der Waals surface area contributed by atoms with E-state index in [-0.39, 0.29) is 17.8 Å². The number of carbonyl (C=O) groups excluding carboxylic acids is 1. The maximum Gasteiger partial charge on any atom is 0.349 e. The fourth-order valence-electron chi connectivity index (χ4n) is 4.34. The number of morpholine rings is 1. The number of hydrogen-bond donors (Lipinski definition) is 6. The number of ether oxygens (including phenoxy) is 1. The number of nitrogens with zero attached hydrogens (tertiary/aromatic N) is 4. The van der Waals surface area contributed by atoms with Crippen molar-refractivity contribution in [3.63, 3.8) is 0 Å². The van der Waals surface area contributed by atoms with Gasteiger partial charge >= 0.3 is 11.7 Å². The lowest BCUT2D eigenvalue weighted by molar-refractivity contribution is 0.122. The molecule has 0 bridgehead atoms. The Kier molecular flexibility index (Phi) is 12.5. The monoisotopic (exact) mass is 542 g/mol. The van der Waals surface area contributed by atoms with Gasteiger partial charge in [-0.3, -0.25) is 14.9 Å². The quantitative estimate of drug-likeness (QED) is 0.108. The molecule has 2 heterocycles. The molecule has 13 heteroatoms. The minimum atomic E-state index is -0.467. The van der Waals surface area contributed by atoms with Crippen LogP contribution in [0.15, 0.2) is 46.3 Å². The summed E-state index contributed by atoms with van der Waals surface area (Å²) in [5, 5.41) is 8.92. The fraction of sp³-hybridized carbons (Fsp3) is 0.538. The molecule has 13 nitrogen and oxygen atoms in total. The maximum absolute atomic E-state index is 12.5. The van der Waals surface area contributed by atoms with E-state index in [2.05, 4.69) is 30.8 Å². The van der Waals surface area contributed by atoms with Gasteiger partial charge in [-0.05, 0) is 75.5 Å². The van der Waals surface area contributed by atoms with Crippen LogP contribution in [-0.2, 0) is 11.3 Å². The Bertz CT molecular complexity index is 1100. The predicted octanol–water partition coefficient (Wildman–Crippen LogP) is 0.865. The summed E-state index contributed by atoms with van der Waals surface area (Å²) < 4.78 is 6.93. The Balaban J connectivity index is 1.45. The molecule has 0 spiro atoms. The van der Waals surface area contributed by atoms with E-state index in [1.165, 1.54) is 0 Å². The molecule has 214 valence electrons. The number of hydrogen-bond acceptors (Lipinski definition) is 8. The number of aryl methyl sites for hydroxylation is 1. The third-order valence-corrected chi connectivity index (χ3v) is 6.39. The van der Waals surface area contributed by atoms with Gasteiger partial charge in [0.25, 0.3) is 0 Å². The van der Waals surface area contributed by atoms with Crippen molar-refractivity contribution in [2.24, 2.45) is 22.2 Å². The normalized spacial score (nSPS) is 14.0. The topological polar surface area (TPSA) is 191 Å². The Morgan fingerprint density at radius 1 is 1.05 bits per heavy atom. The van der Waals surface area contributed by atoms with Crippen molar-refractivity contribution in [2.75, 3.05) is 61.5 Å². The summed E-state index contributed by atoms with van der Waals surface area (Å²) in [6.07, 6.45) is 6.00. The molecule has 1 fully saturated rings. The molecule has 3 rings (SSSR count). The van der Waals surface area contributed by atoms with Gasteiger partial charge in [0.15, 0.2) is 5.96 Å². The molecule has 1 aliphatic heterocycles. The van der Waals surface area contributed by atoms with E-state index in [4.69, 9.17) is 21.9 Å². The van der Waals surface area contributed by atoms with E-state index in [1.807, 2.05) is 24.3 Å². The number of benzene rings is 1. The number of guanidine groups is 1. The number of nitrogens with one attached hydrogen (secondary N) is 3. The lowest BCUT2D eigenvalue weighted by Gasteiger charge is -2.28. The van der Waals surface area contributed by atoms with Crippen molar-refractivity contribution in [2.45, 2.75) is 44.7 Å². The molecule has 0 radical (unpaired) electrons. The van der Waals surface area contributed by atoms with Crippen LogP contribution in [0.25, 0.3) is 0 Å². The molecule has 9 N–H and O–H groups in total. The SMILES string of the molecule is NCCCNC(CCCN=C(N)N)CCCn1ccc(NC(=O)Nc2ccc(N3CCOCC3)cc2)nc1=O. The van der Waals surface area contributed by atoms with E-state index < -0.39 is 11.7 Å². The van der Waals surface area contributed by atoms with Gasteiger partial charge in [0, 0.05) is 49.8 Å². The molecule has 1 aromatic carbocycles. The van der Waals surface area contributed by atoms with Crippen LogP contribution in [0.4, 0.5) is 22.0 Å². The lowest BCUT2D eigenvalue weighted by Crippen LogP contribution is -2.36. The number of aromatic nitrogens is 2. The predicted molar refractivity (Wildman–Crippen MR) is 155 cm³/mol. The van der Waals surface area contributed by atoms with E-state index in [0.29, 0.717) is 38.5 Å². The summed E-state index contributed by atoms with van der Waals surface area (Å²) in [6.45, 7) is 5.69. The molecule has 2 amide bonds. The molecule has 39 heavy (non-hydrogen) atoms. The minimum absolute atomic E-state index is 0.100. The van der Waals surface area contributed by atoms with E-state index in [1.54, 1.807) is 16.8 Å². The zero-order valence-corrected chi connectivity index (χ0v) is 22.5. The van der Waals surface area contributed by atoms with E-state index in [0.717, 1.165) is 57.4 Å². The summed E-state index contributed by atoms with van der Waals surface area (Å²) in [7, 11) is 0. The number of aliphatic imine (C=N–C) groups is 1. The van der Waals surface area contributed by atoms with Crippen molar-refractivity contribution >= 4 is 29.2 Å². The molecule has 0 aliphatic carbocycles. The van der Waals surface area contributed by atoms with Crippen LogP contribution in [0.5, 0.6) is 0 Å². The van der Waals surface area contributed by atoms with Gasteiger partial charge in [0.1, 0.15) is 5.82 Å². The second-order valence-electron chi connectivity index (χ2n) is 9.40. The van der Waals surface area contributed by atoms with Crippen LogP contribution in [0.1, 0.15) is 32.1 Å². The summed E-state index contributed by atoms with van der Waals surface area (Å²) in [6, 6.07) is 9.04. The highest BCUT2D eigenvalue weighted by molar-refractivity contribution is 5.99. The van der Waals surface area contributed by atoms with Crippen LogP contribution in [-0.4, -0.2) is 73.5 Å². The number of amides is 2. The second kappa shape index (κ2) is 16.3. The van der Waals surface area contributed by atoms with E-state index in [9.17, 15) is 9.59 Å².